The van der Waals surface area contributed by atoms with Crippen molar-refractivity contribution in [2.75, 3.05) is 6.61 Å². The standard InChI is InChI=1S/C13H23NO5/c1-8(9(2)16)6-11(17)10(7-15)14-12(18)19-13(3,4)5/h8,10,15H,6-7H2,1-5H3,(H,14,18)/t8-,10+/m0/s1. The average Bonchev–Trinajstić information content (AvgIpc) is 2.22. The summed E-state index contributed by atoms with van der Waals surface area (Å²) >= 11 is 0. The number of ketones is 2. The number of hydrogen-bond acceptors (Lipinski definition) is 5. The van der Waals surface area contributed by atoms with E-state index in [0.29, 0.717) is 0 Å². The first-order valence-corrected chi connectivity index (χ1v) is 6.20. The molecule has 6 nitrogen and oxygen atoms in total. The molecule has 0 saturated carbocycles. The first kappa shape index (κ1) is 17.6. The fourth-order valence-corrected chi connectivity index (χ4v) is 1.27. The van der Waals surface area contributed by atoms with Gasteiger partial charge in [-0.3, -0.25) is 9.59 Å². The summed E-state index contributed by atoms with van der Waals surface area (Å²) in [6.45, 7) is 7.58. The van der Waals surface area contributed by atoms with Gasteiger partial charge in [0.25, 0.3) is 0 Å². The highest BCUT2D eigenvalue weighted by atomic mass is 16.6. The number of hydrogen-bond donors (Lipinski definition) is 2. The molecule has 0 aliphatic rings. The summed E-state index contributed by atoms with van der Waals surface area (Å²) in [5, 5.41) is 11.4. The zero-order valence-electron chi connectivity index (χ0n) is 12.1. The van der Waals surface area contributed by atoms with Crippen LogP contribution in [0.2, 0.25) is 0 Å². The molecule has 0 aliphatic heterocycles. The molecule has 0 fully saturated rings. The molecule has 0 spiro atoms. The van der Waals surface area contributed by atoms with Gasteiger partial charge in [0.05, 0.1) is 6.61 Å². The monoisotopic (exact) mass is 273 g/mol. The van der Waals surface area contributed by atoms with Gasteiger partial charge in [-0.25, -0.2) is 4.79 Å². The lowest BCUT2D eigenvalue weighted by Crippen LogP contribution is -2.46. The fraction of sp³-hybridized carbons (Fsp3) is 0.769. The van der Waals surface area contributed by atoms with E-state index in [1.807, 2.05) is 0 Å². The summed E-state index contributed by atoms with van der Waals surface area (Å²) in [4.78, 5) is 34.4. The van der Waals surface area contributed by atoms with Gasteiger partial charge in [0.15, 0.2) is 5.78 Å². The Morgan fingerprint density at radius 3 is 2.16 bits per heavy atom. The summed E-state index contributed by atoms with van der Waals surface area (Å²) in [5.41, 5.74) is -0.681. The third-order valence-electron chi connectivity index (χ3n) is 2.46. The van der Waals surface area contributed by atoms with Gasteiger partial charge < -0.3 is 15.2 Å². The van der Waals surface area contributed by atoms with Crippen molar-refractivity contribution in [2.24, 2.45) is 5.92 Å². The van der Waals surface area contributed by atoms with Crippen LogP contribution in [0.25, 0.3) is 0 Å². The molecule has 0 bridgehead atoms. The summed E-state index contributed by atoms with van der Waals surface area (Å²) in [5.74, 6) is -0.930. The van der Waals surface area contributed by atoms with Gasteiger partial charge in [0, 0.05) is 12.3 Å². The molecule has 6 heteroatoms. The van der Waals surface area contributed by atoms with Gasteiger partial charge in [-0.1, -0.05) is 6.92 Å². The van der Waals surface area contributed by atoms with E-state index < -0.39 is 36.0 Å². The van der Waals surface area contributed by atoms with E-state index in [9.17, 15) is 14.4 Å². The first-order chi connectivity index (χ1) is 8.56. The number of aliphatic hydroxyl groups is 1. The minimum absolute atomic E-state index is 0.0175. The zero-order chi connectivity index (χ0) is 15.2. The normalized spacial score (nSPS) is 14.4. The molecule has 0 radical (unpaired) electrons. The number of Topliss-reactive ketones (excluding diaryl/α,β-unsaturated/α-hetero) is 2. The van der Waals surface area contributed by atoms with Crippen LogP contribution in [0.1, 0.15) is 41.0 Å². The maximum atomic E-state index is 11.8. The maximum absolute atomic E-state index is 11.8. The van der Waals surface area contributed by atoms with E-state index in [1.54, 1.807) is 27.7 Å². The minimum Gasteiger partial charge on any atom is -0.444 e. The van der Waals surface area contributed by atoms with Gasteiger partial charge in [0.1, 0.15) is 17.4 Å². The van der Waals surface area contributed by atoms with Crippen LogP contribution in [0, 0.1) is 5.92 Å². The van der Waals surface area contributed by atoms with Crippen molar-refractivity contribution in [3.8, 4) is 0 Å². The Balaban J connectivity index is 4.46. The molecule has 1 amide bonds. The Bertz CT molecular complexity index is 345. The van der Waals surface area contributed by atoms with Gasteiger partial charge in [-0.05, 0) is 27.7 Å². The van der Waals surface area contributed by atoms with E-state index >= 15 is 0 Å². The highest BCUT2D eigenvalue weighted by Gasteiger charge is 2.25. The maximum Gasteiger partial charge on any atom is 0.408 e. The van der Waals surface area contributed by atoms with Gasteiger partial charge >= 0.3 is 6.09 Å². The van der Waals surface area contributed by atoms with Gasteiger partial charge in [-0.15, -0.1) is 0 Å². The van der Waals surface area contributed by atoms with Crippen molar-refractivity contribution < 1.29 is 24.2 Å². The van der Waals surface area contributed by atoms with E-state index in [-0.39, 0.29) is 12.2 Å². The van der Waals surface area contributed by atoms with Crippen molar-refractivity contribution in [1.29, 1.82) is 0 Å². The van der Waals surface area contributed by atoms with Crippen LogP contribution >= 0.6 is 0 Å². The molecule has 19 heavy (non-hydrogen) atoms. The second-order valence-electron chi connectivity index (χ2n) is 5.56. The number of alkyl carbamates (subject to hydrolysis) is 1. The highest BCUT2D eigenvalue weighted by Crippen LogP contribution is 2.09. The Hall–Kier alpha value is -1.43. The summed E-state index contributed by atoms with van der Waals surface area (Å²) in [6.07, 6.45) is -0.786. The van der Waals surface area contributed by atoms with Crippen LogP contribution < -0.4 is 5.32 Å². The number of amides is 1. The molecule has 0 aliphatic carbocycles. The summed E-state index contributed by atoms with van der Waals surface area (Å²) in [7, 11) is 0. The number of carbonyl (C=O) groups is 3. The lowest BCUT2D eigenvalue weighted by Gasteiger charge is -2.22. The number of nitrogens with one attached hydrogen (secondary N) is 1. The SMILES string of the molecule is CC(=O)[C@@H](C)CC(=O)[C@@H](CO)NC(=O)OC(C)(C)C. The van der Waals surface area contributed by atoms with Crippen LogP contribution in [-0.2, 0) is 14.3 Å². The van der Waals surface area contributed by atoms with Crippen molar-refractivity contribution in [1.82, 2.24) is 5.32 Å². The number of ether oxygens (including phenoxy) is 1. The highest BCUT2D eigenvalue weighted by molar-refractivity contribution is 5.91. The first-order valence-electron chi connectivity index (χ1n) is 6.20. The van der Waals surface area contributed by atoms with Crippen LogP contribution in [0.3, 0.4) is 0 Å². The van der Waals surface area contributed by atoms with Crippen LogP contribution in [0.5, 0.6) is 0 Å². The predicted molar refractivity (Wildman–Crippen MR) is 69.7 cm³/mol. The molecule has 110 valence electrons. The zero-order valence-corrected chi connectivity index (χ0v) is 12.1. The Morgan fingerprint density at radius 1 is 1.26 bits per heavy atom. The molecule has 0 heterocycles. The predicted octanol–water partition coefficient (Wildman–Crippen LogP) is 1.06. The molecule has 2 N–H and O–H groups in total. The molecule has 0 aromatic heterocycles. The van der Waals surface area contributed by atoms with Gasteiger partial charge in [-0.2, -0.15) is 0 Å². The number of carbonyl (C=O) groups excluding carboxylic acids is 3. The van der Waals surface area contributed by atoms with Crippen molar-refractivity contribution in [3.05, 3.63) is 0 Å². The van der Waals surface area contributed by atoms with E-state index in [2.05, 4.69) is 5.32 Å². The number of aliphatic hydroxyl groups excluding tert-OH is 1. The van der Waals surface area contributed by atoms with Crippen molar-refractivity contribution in [2.45, 2.75) is 52.7 Å². The smallest absolute Gasteiger partial charge is 0.408 e. The third kappa shape index (κ3) is 7.56. The van der Waals surface area contributed by atoms with E-state index in [4.69, 9.17) is 9.84 Å². The Labute approximate surface area is 113 Å². The van der Waals surface area contributed by atoms with Gasteiger partial charge in [0.2, 0.25) is 0 Å². The molecule has 0 unspecified atom stereocenters. The fourth-order valence-electron chi connectivity index (χ4n) is 1.27. The average molecular weight is 273 g/mol. The molecule has 0 aromatic rings. The van der Waals surface area contributed by atoms with Crippen molar-refractivity contribution in [3.63, 3.8) is 0 Å². The quantitative estimate of drug-likeness (QED) is 0.754. The van der Waals surface area contributed by atoms with Crippen LogP contribution in [0.4, 0.5) is 4.79 Å². The lowest BCUT2D eigenvalue weighted by molar-refractivity contribution is -0.127. The summed E-state index contributed by atoms with van der Waals surface area (Å²) in [6, 6.07) is -1.04. The molecule has 2 atom stereocenters. The molecular formula is C13H23NO5. The largest absolute Gasteiger partial charge is 0.444 e. The molecule has 0 saturated heterocycles. The Morgan fingerprint density at radius 2 is 1.79 bits per heavy atom. The molecule has 0 rings (SSSR count). The second-order valence-corrected chi connectivity index (χ2v) is 5.56. The second kappa shape index (κ2) is 7.23. The third-order valence-corrected chi connectivity index (χ3v) is 2.46. The van der Waals surface area contributed by atoms with Crippen LogP contribution in [0.15, 0.2) is 0 Å². The molecular weight excluding hydrogens is 250 g/mol. The minimum atomic E-state index is -1.04. The van der Waals surface area contributed by atoms with E-state index in [1.165, 1.54) is 6.92 Å². The topological polar surface area (TPSA) is 92.7 Å². The lowest BCUT2D eigenvalue weighted by atomic mass is 9.97. The number of rotatable bonds is 6. The van der Waals surface area contributed by atoms with E-state index in [0.717, 1.165) is 0 Å². The van der Waals surface area contributed by atoms with Crippen LogP contribution in [-0.4, -0.2) is 41.0 Å². The Kier molecular flexibility index (Phi) is 6.69. The molecule has 0 aromatic carbocycles. The van der Waals surface area contributed by atoms with Crippen molar-refractivity contribution >= 4 is 17.7 Å². The summed E-state index contributed by atoms with van der Waals surface area (Å²) < 4.78 is 4.99.